The first-order chi connectivity index (χ1) is 17.3. The number of hydrogen-bond donors (Lipinski definition) is 1. The first-order valence-corrected chi connectivity index (χ1v) is 11.9. The largest absolute Gasteiger partial charge is 0.425 e. The lowest BCUT2D eigenvalue weighted by Gasteiger charge is -2.43. The molecule has 4 aromatic rings. The molecular formula is C29H27N5O. The Morgan fingerprint density at radius 1 is 0.943 bits per heavy atom. The zero-order valence-electron chi connectivity index (χ0n) is 19.5. The van der Waals surface area contributed by atoms with Crippen LogP contribution in [0.3, 0.4) is 0 Å². The third kappa shape index (κ3) is 4.95. The van der Waals surface area contributed by atoms with Crippen molar-refractivity contribution >= 4 is 22.6 Å². The van der Waals surface area contributed by atoms with Crippen LogP contribution < -0.4 is 10.1 Å². The topological polar surface area (TPSA) is 73.5 Å². The van der Waals surface area contributed by atoms with E-state index in [9.17, 15) is 5.26 Å². The van der Waals surface area contributed by atoms with Crippen molar-refractivity contribution in [3.05, 3.63) is 103 Å². The van der Waals surface area contributed by atoms with Crippen LogP contribution in [0, 0.1) is 11.5 Å². The van der Waals surface area contributed by atoms with Crippen LogP contribution in [0.25, 0.3) is 10.8 Å². The van der Waals surface area contributed by atoms with Crippen molar-refractivity contribution in [1.82, 2.24) is 9.88 Å². The average molecular weight is 462 g/mol. The second kappa shape index (κ2) is 10.3. The molecule has 5 rings (SSSR count). The van der Waals surface area contributed by atoms with Gasteiger partial charge in [0.2, 0.25) is 6.19 Å². The molecule has 35 heavy (non-hydrogen) atoms. The number of ether oxygens (including phenoxy) is 1. The van der Waals surface area contributed by atoms with Crippen molar-refractivity contribution in [2.45, 2.75) is 18.3 Å². The van der Waals surface area contributed by atoms with E-state index in [1.54, 1.807) is 0 Å². The summed E-state index contributed by atoms with van der Waals surface area (Å²) in [5.41, 5.74) is 1.22. The van der Waals surface area contributed by atoms with Gasteiger partial charge >= 0.3 is 6.02 Å². The Hall–Kier alpha value is -4.37. The molecule has 0 amide bonds. The number of para-hydroxylation sites is 1. The molecule has 1 aromatic heterocycles. The number of fused-ring (bicyclic) bond motifs is 1. The van der Waals surface area contributed by atoms with Gasteiger partial charge in [0.05, 0.1) is 0 Å². The van der Waals surface area contributed by atoms with Gasteiger partial charge in [0.25, 0.3) is 0 Å². The fourth-order valence-electron chi connectivity index (χ4n) is 4.79. The van der Waals surface area contributed by atoms with Gasteiger partial charge < -0.3 is 15.0 Å². The lowest BCUT2D eigenvalue weighted by atomic mass is 9.72. The summed E-state index contributed by atoms with van der Waals surface area (Å²) >= 11 is 0. The summed E-state index contributed by atoms with van der Waals surface area (Å²) in [6.07, 6.45) is 5.53. The molecule has 3 aromatic carbocycles. The fourth-order valence-corrected chi connectivity index (χ4v) is 4.79. The summed E-state index contributed by atoms with van der Waals surface area (Å²) in [7, 11) is 0. The van der Waals surface area contributed by atoms with Crippen molar-refractivity contribution in [1.29, 1.82) is 5.26 Å². The predicted octanol–water partition coefficient (Wildman–Crippen LogP) is 5.60. The van der Waals surface area contributed by atoms with E-state index in [1.807, 2.05) is 60.9 Å². The Balaban J connectivity index is 1.37. The molecule has 0 aliphatic carbocycles. The van der Waals surface area contributed by atoms with Gasteiger partial charge in [-0.2, -0.15) is 5.26 Å². The van der Waals surface area contributed by atoms with Gasteiger partial charge in [-0.05, 0) is 42.0 Å². The Morgan fingerprint density at radius 2 is 1.63 bits per heavy atom. The maximum atomic E-state index is 9.26. The van der Waals surface area contributed by atoms with Crippen LogP contribution in [0.15, 0.2) is 102 Å². The van der Waals surface area contributed by atoms with Gasteiger partial charge in [-0.1, -0.05) is 72.8 Å². The van der Waals surface area contributed by atoms with E-state index in [1.165, 1.54) is 10.9 Å². The zero-order valence-corrected chi connectivity index (χ0v) is 19.5. The van der Waals surface area contributed by atoms with Gasteiger partial charge in [-0.3, -0.25) is 0 Å². The Labute approximate surface area is 205 Å². The van der Waals surface area contributed by atoms with E-state index in [0.29, 0.717) is 11.8 Å². The molecule has 0 saturated carbocycles. The standard InChI is InChI=1S/C29H27N5O/c30-22-33-28(35-25-12-5-2-6-13-25)34-19-16-29(17-20-34,24-10-3-1-4-11-24)21-32-27-26-14-8-7-9-23(26)15-18-31-27/h1-15,18H,16-17,19-21H2,(H,31,32)/b33-28-. The number of nitrogens with one attached hydrogen (secondary N) is 1. The molecule has 1 aliphatic heterocycles. The fraction of sp³-hybridized carbons (Fsp3) is 0.207. The normalized spacial score (nSPS) is 15.4. The van der Waals surface area contributed by atoms with Gasteiger partial charge in [-0.25, -0.2) is 4.98 Å². The SMILES string of the molecule is N#C/N=C(\Oc1ccccc1)N1CCC(CNc2nccc3ccccc23)(c2ccccc2)CC1. The minimum atomic E-state index is -0.0825. The molecule has 0 radical (unpaired) electrons. The number of aromatic nitrogens is 1. The zero-order chi connectivity index (χ0) is 23.9. The highest BCUT2D eigenvalue weighted by Gasteiger charge is 2.37. The summed E-state index contributed by atoms with van der Waals surface area (Å²) in [6.45, 7) is 2.22. The number of nitriles is 1. The van der Waals surface area contributed by atoms with E-state index in [-0.39, 0.29) is 5.41 Å². The molecule has 0 atom stereocenters. The molecule has 174 valence electrons. The summed E-state index contributed by atoms with van der Waals surface area (Å²) in [6, 6.07) is 30.8. The molecule has 6 heteroatoms. The second-order valence-corrected chi connectivity index (χ2v) is 8.78. The third-order valence-electron chi connectivity index (χ3n) is 6.74. The van der Waals surface area contributed by atoms with Crippen LogP contribution in [0.4, 0.5) is 5.82 Å². The highest BCUT2D eigenvalue weighted by atomic mass is 16.5. The number of piperidine rings is 1. The van der Waals surface area contributed by atoms with Crippen LogP contribution in [-0.2, 0) is 5.41 Å². The molecule has 6 nitrogen and oxygen atoms in total. The molecule has 1 N–H and O–H groups in total. The van der Waals surface area contributed by atoms with Crippen molar-refractivity contribution < 1.29 is 4.74 Å². The Bertz CT molecular complexity index is 1330. The van der Waals surface area contributed by atoms with Gasteiger partial charge in [0.15, 0.2) is 0 Å². The smallest absolute Gasteiger partial charge is 0.308 e. The summed E-state index contributed by atoms with van der Waals surface area (Å²) in [5.74, 6) is 1.57. The van der Waals surface area contributed by atoms with Crippen LogP contribution >= 0.6 is 0 Å². The van der Waals surface area contributed by atoms with E-state index in [0.717, 1.165) is 43.7 Å². The highest BCUT2D eigenvalue weighted by molar-refractivity contribution is 5.91. The van der Waals surface area contributed by atoms with Gasteiger partial charge in [0, 0.05) is 36.6 Å². The van der Waals surface area contributed by atoms with Crippen LogP contribution in [0.1, 0.15) is 18.4 Å². The van der Waals surface area contributed by atoms with Crippen LogP contribution in [-0.4, -0.2) is 35.5 Å². The van der Waals surface area contributed by atoms with E-state index >= 15 is 0 Å². The number of hydrogen-bond acceptors (Lipinski definition) is 5. The number of nitrogens with zero attached hydrogens (tertiary/aromatic N) is 4. The van der Waals surface area contributed by atoms with E-state index < -0.39 is 0 Å². The van der Waals surface area contributed by atoms with E-state index in [4.69, 9.17) is 4.74 Å². The Kier molecular flexibility index (Phi) is 6.58. The maximum absolute atomic E-state index is 9.26. The molecule has 1 fully saturated rings. The second-order valence-electron chi connectivity index (χ2n) is 8.78. The van der Waals surface area contributed by atoms with Crippen molar-refractivity contribution in [2.24, 2.45) is 4.99 Å². The molecule has 0 unspecified atom stereocenters. The number of anilines is 1. The van der Waals surface area contributed by atoms with Crippen molar-refractivity contribution in [3.8, 4) is 11.9 Å². The first kappa shape index (κ1) is 22.4. The molecule has 2 heterocycles. The quantitative estimate of drug-likeness (QED) is 0.238. The number of likely N-dealkylation sites (tertiary alicyclic amines) is 1. The van der Waals surface area contributed by atoms with Crippen molar-refractivity contribution in [3.63, 3.8) is 0 Å². The van der Waals surface area contributed by atoms with Gasteiger partial charge in [0.1, 0.15) is 11.6 Å². The van der Waals surface area contributed by atoms with E-state index in [2.05, 4.69) is 62.7 Å². The number of pyridine rings is 1. The molecule has 0 spiro atoms. The Morgan fingerprint density at radius 3 is 2.37 bits per heavy atom. The van der Waals surface area contributed by atoms with Gasteiger partial charge in [-0.15, -0.1) is 4.99 Å². The summed E-state index contributed by atoms with van der Waals surface area (Å²) in [5, 5.41) is 15.2. The first-order valence-electron chi connectivity index (χ1n) is 11.9. The number of aliphatic imine (C=N–C) groups is 1. The molecule has 1 saturated heterocycles. The van der Waals surface area contributed by atoms with Crippen LogP contribution in [0.5, 0.6) is 5.75 Å². The highest BCUT2D eigenvalue weighted by Crippen LogP contribution is 2.36. The maximum Gasteiger partial charge on any atom is 0.308 e. The number of benzene rings is 3. The molecule has 1 aliphatic rings. The predicted molar refractivity (Wildman–Crippen MR) is 139 cm³/mol. The third-order valence-corrected chi connectivity index (χ3v) is 6.74. The van der Waals surface area contributed by atoms with Crippen molar-refractivity contribution in [2.75, 3.05) is 25.0 Å². The lowest BCUT2D eigenvalue weighted by Crippen LogP contribution is -2.49. The lowest BCUT2D eigenvalue weighted by molar-refractivity contribution is 0.212. The molecule has 0 bridgehead atoms. The minimum Gasteiger partial charge on any atom is -0.425 e. The summed E-state index contributed by atoms with van der Waals surface area (Å²) < 4.78 is 5.97. The minimum absolute atomic E-state index is 0.0825. The average Bonchev–Trinajstić information content (AvgIpc) is 2.93. The molecular weight excluding hydrogens is 434 g/mol. The summed E-state index contributed by atoms with van der Waals surface area (Å²) in [4.78, 5) is 10.7. The van der Waals surface area contributed by atoms with Crippen LogP contribution in [0.2, 0.25) is 0 Å². The number of amidine groups is 1. The number of rotatable bonds is 5. The monoisotopic (exact) mass is 461 g/mol.